The number of nitrogens with zero attached hydrogens (tertiary/aromatic N) is 2. The number of ether oxygens (including phenoxy) is 1. The Morgan fingerprint density at radius 3 is 2.83 bits per heavy atom. The van der Waals surface area contributed by atoms with Crippen LogP contribution in [0.25, 0.3) is 22.0 Å². The molecule has 2 aliphatic heterocycles. The molecule has 30 heavy (non-hydrogen) atoms. The minimum atomic E-state index is -0.0588. The lowest BCUT2D eigenvalue weighted by Crippen LogP contribution is -2.49. The van der Waals surface area contributed by atoms with E-state index < -0.39 is 0 Å². The van der Waals surface area contributed by atoms with Gasteiger partial charge in [-0.05, 0) is 55.0 Å². The summed E-state index contributed by atoms with van der Waals surface area (Å²) in [6.45, 7) is 2.86. The maximum atomic E-state index is 10.6. The maximum absolute atomic E-state index is 10.6. The quantitative estimate of drug-likeness (QED) is 0.537. The molecular formula is C25H25ClN2O2. The van der Waals surface area contributed by atoms with Gasteiger partial charge in [-0.3, -0.25) is 4.98 Å². The van der Waals surface area contributed by atoms with Gasteiger partial charge < -0.3 is 14.4 Å². The van der Waals surface area contributed by atoms with Gasteiger partial charge in [-0.25, -0.2) is 0 Å². The topological polar surface area (TPSA) is 42.4 Å². The van der Waals surface area contributed by atoms with Gasteiger partial charge in [0.2, 0.25) is 0 Å². The van der Waals surface area contributed by atoms with Gasteiger partial charge in [0, 0.05) is 43.2 Å². The first-order valence-electron chi connectivity index (χ1n) is 10.7. The van der Waals surface area contributed by atoms with Crippen LogP contribution in [-0.4, -0.2) is 41.4 Å². The summed E-state index contributed by atoms with van der Waals surface area (Å²) in [7, 11) is 0. The number of piperidine rings is 1. The normalized spacial score (nSPS) is 18.2. The molecule has 0 aliphatic carbocycles. The molecule has 0 amide bonds. The Labute approximate surface area is 181 Å². The number of hydrogen-bond acceptors (Lipinski definition) is 4. The highest BCUT2D eigenvalue weighted by molar-refractivity contribution is 6.37. The van der Waals surface area contributed by atoms with Crippen LogP contribution in [0.3, 0.4) is 0 Å². The Balaban J connectivity index is 1.37. The third-order valence-corrected chi connectivity index (χ3v) is 6.97. The van der Waals surface area contributed by atoms with Crippen molar-refractivity contribution in [2.24, 2.45) is 0 Å². The number of rotatable bonds is 4. The van der Waals surface area contributed by atoms with Gasteiger partial charge in [-0.2, -0.15) is 0 Å². The molecule has 0 bridgehead atoms. The molecule has 3 aromatic rings. The van der Waals surface area contributed by atoms with Crippen LogP contribution in [0.5, 0.6) is 5.75 Å². The van der Waals surface area contributed by atoms with Crippen LogP contribution in [0.4, 0.5) is 0 Å². The van der Waals surface area contributed by atoms with Crippen molar-refractivity contribution >= 4 is 28.8 Å². The smallest absolute Gasteiger partial charge is 0.123 e. The van der Waals surface area contributed by atoms with Gasteiger partial charge in [0.1, 0.15) is 17.6 Å². The SMILES string of the molecule is O=CCCN1CCC2(CCc3cc(-c4ccc5cccnc5c4Cl)ccc3O2)CC1. The lowest BCUT2D eigenvalue weighted by atomic mass is 9.82. The number of aldehydes is 1. The zero-order valence-electron chi connectivity index (χ0n) is 16.9. The van der Waals surface area contributed by atoms with E-state index in [0.29, 0.717) is 11.4 Å². The summed E-state index contributed by atoms with van der Waals surface area (Å²) in [6.07, 6.45) is 7.51. The van der Waals surface area contributed by atoms with Crippen molar-refractivity contribution in [3.05, 3.63) is 59.2 Å². The number of benzene rings is 2. The second-order valence-electron chi connectivity index (χ2n) is 8.41. The van der Waals surface area contributed by atoms with Crippen LogP contribution in [0.2, 0.25) is 5.02 Å². The second kappa shape index (κ2) is 8.01. The molecule has 0 unspecified atom stereocenters. The predicted octanol–water partition coefficient (Wildman–Crippen LogP) is 5.30. The van der Waals surface area contributed by atoms with E-state index in [1.165, 1.54) is 5.56 Å². The number of carbonyl (C=O) groups excluding carboxylic acids is 1. The summed E-state index contributed by atoms with van der Waals surface area (Å²) in [5, 5.41) is 1.75. The van der Waals surface area contributed by atoms with Gasteiger partial charge in [0.25, 0.3) is 0 Å². The lowest BCUT2D eigenvalue weighted by Gasteiger charge is -2.44. The molecule has 1 aromatic heterocycles. The molecule has 0 saturated carbocycles. The van der Waals surface area contributed by atoms with Crippen LogP contribution in [0.15, 0.2) is 48.7 Å². The lowest BCUT2D eigenvalue weighted by molar-refractivity contribution is -0.108. The van der Waals surface area contributed by atoms with Gasteiger partial charge in [-0.15, -0.1) is 0 Å². The molecule has 0 radical (unpaired) electrons. The Bertz CT molecular complexity index is 1090. The number of hydrogen-bond donors (Lipinski definition) is 0. The van der Waals surface area contributed by atoms with E-state index in [1.54, 1.807) is 6.20 Å². The van der Waals surface area contributed by atoms with Crippen LogP contribution >= 0.6 is 11.6 Å². The molecule has 2 aromatic carbocycles. The number of likely N-dealkylation sites (tertiary alicyclic amines) is 1. The summed E-state index contributed by atoms with van der Waals surface area (Å²) >= 11 is 6.71. The Kier molecular flexibility index (Phi) is 5.21. The zero-order chi connectivity index (χ0) is 20.6. The number of halogens is 1. The van der Waals surface area contributed by atoms with E-state index >= 15 is 0 Å². The fraction of sp³-hybridized carbons (Fsp3) is 0.360. The van der Waals surface area contributed by atoms with Gasteiger partial charge in [0.15, 0.2) is 0 Å². The van der Waals surface area contributed by atoms with Crippen molar-refractivity contribution in [3.63, 3.8) is 0 Å². The molecule has 5 heteroatoms. The zero-order valence-corrected chi connectivity index (χ0v) is 17.7. The van der Waals surface area contributed by atoms with Crippen LogP contribution in [0.1, 0.15) is 31.2 Å². The third kappa shape index (κ3) is 3.59. The molecule has 4 nitrogen and oxygen atoms in total. The molecule has 154 valence electrons. The molecular weight excluding hydrogens is 396 g/mol. The van der Waals surface area contributed by atoms with E-state index in [1.807, 2.05) is 12.1 Å². The van der Waals surface area contributed by atoms with Gasteiger partial charge >= 0.3 is 0 Å². The fourth-order valence-electron chi connectivity index (χ4n) is 4.79. The first-order valence-corrected chi connectivity index (χ1v) is 11.1. The summed E-state index contributed by atoms with van der Waals surface area (Å²) in [4.78, 5) is 17.5. The van der Waals surface area contributed by atoms with E-state index in [4.69, 9.17) is 16.3 Å². The van der Waals surface area contributed by atoms with Crippen molar-refractivity contribution in [1.29, 1.82) is 0 Å². The Morgan fingerprint density at radius 1 is 1.13 bits per heavy atom. The van der Waals surface area contributed by atoms with E-state index in [-0.39, 0.29) is 5.60 Å². The molecule has 0 atom stereocenters. The van der Waals surface area contributed by atoms with Crippen LogP contribution < -0.4 is 4.74 Å². The number of carbonyl (C=O) groups is 1. The Morgan fingerprint density at radius 2 is 2.00 bits per heavy atom. The monoisotopic (exact) mass is 420 g/mol. The average molecular weight is 421 g/mol. The molecule has 0 N–H and O–H groups in total. The Hall–Kier alpha value is -2.43. The van der Waals surface area contributed by atoms with Crippen molar-refractivity contribution in [3.8, 4) is 16.9 Å². The molecule has 3 heterocycles. The summed E-state index contributed by atoms with van der Waals surface area (Å²) in [6, 6.07) is 14.5. The summed E-state index contributed by atoms with van der Waals surface area (Å²) in [5.41, 5.74) is 4.14. The molecule has 1 fully saturated rings. The second-order valence-corrected chi connectivity index (χ2v) is 8.78. The molecule has 1 spiro atoms. The fourth-order valence-corrected chi connectivity index (χ4v) is 5.12. The standard InChI is InChI=1S/C25H25ClN2O2/c26-23-21(6-4-18-3-1-12-27-24(18)23)19-5-7-22-20(17-19)8-9-25(30-22)10-14-28(15-11-25)13-2-16-29/h1,3-7,12,16-17H,2,8-11,13-15H2. The minimum Gasteiger partial charge on any atom is -0.487 e. The van der Waals surface area contributed by atoms with E-state index in [0.717, 1.165) is 79.4 Å². The predicted molar refractivity (Wildman–Crippen MR) is 120 cm³/mol. The van der Waals surface area contributed by atoms with Gasteiger partial charge in [0.05, 0.1) is 10.5 Å². The van der Waals surface area contributed by atoms with Crippen molar-refractivity contribution in [2.75, 3.05) is 19.6 Å². The van der Waals surface area contributed by atoms with Crippen LogP contribution in [-0.2, 0) is 11.2 Å². The number of aryl methyl sites for hydroxylation is 1. The molecule has 1 saturated heterocycles. The maximum Gasteiger partial charge on any atom is 0.123 e. The van der Waals surface area contributed by atoms with E-state index in [2.05, 4.69) is 40.2 Å². The minimum absolute atomic E-state index is 0.0588. The largest absolute Gasteiger partial charge is 0.487 e. The highest BCUT2D eigenvalue weighted by Gasteiger charge is 2.39. The number of fused-ring (bicyclic) bond motifs is 2. The number of aromatic nitrogens is 1. The van der Waals surface area contributed by atoms with Gasteiger partial charge in [-0.1, -0.05) is 35.9 Å². The average Bonchev–Trinajstić information content (AvgIpc) is 2.79. The third-order valence-electron chi connectivity index (χ3n) is 6.59. The van der Waals surface area contributed by atoms with Crippen molar-refractivity contribution in [2.45, 2.75) is 37.7 Å². The first-order chi connectivity index (χ1) is 14.7. The van der Waals surface area contributed by atoms with E-state index in [9.17, 15) is 4.79 Å². The highest BCUT2D eigenvalue weighted by atomic mass is 35.5. The van der Waals surface area contributed by atoms with Crippen molar-refractivity contribution in [1.82, 2.24) is 9.88 Å². The molecule has 2 aliphatic rings. The summed E-state index contributed by atoms with van der Waals surface area (Å²) < 4.78 is 6.56. The number of pyridine rings is 1. The summed E-state index contributed by atoms with van der Waals surface area (Å²) in [5.74, 6) is 1.00. The van der Waals surface area contributed by atoms with Crippen LogP contribution in [0, 0.1) is 0 Å². The van der Waals surface area contributed by atoms with Crippen molar-refractivity contribution < 1.29 is 9.53 Å². The highest BCUT2D eigenvalue weighted by Crippen LogP contribution is 2.42. The molecule has 5 rings (SSSR count). The first kappa shape index (κ1) is 19.5.